The normalized spacial score (nSPS) is 12.3. The van der Waals surface area contributed by atoms with E-state index < -0.39 is 29.0 Å². The fourth-order valence-corrected chi connectivity index (χ4v) is 2.37. The summed E-state index contributed by atoms with van der Waals surface area (Å²) in [6.45, 7) is 1.66. The molecule has 1 heterocycles. The van der Waals surface area contributed by atoms with Crippen LogP contribution in [-0.2, 0) is 11.0 Å². The maximum absolute atomic E-state index is 12.5. The molecule has 5 nitrogen and oxygen atoms in total. The molecule has 0 atom stereocenters. The number of hydrogen-bond donors (Lipinski definition) is 2. The van der Waals surface area contributed by atoms with Gasteiger partial charge in [-0.1, -0.05) is 0 Å². The van der Waals surface area contributed by atoms with Gasteiger partial charge in [0.05, 0.1) is 17.3 Å². The Morgan fingerprint density at radius 3 is 2.42 bits per heavy atom. The molecule has 2 aromatic rings. The zero-order valence-corrected chi connectivity index (χ0v) is 13.0. The van der Waals surface area contributed by atoms with E-state index in [0.717, 1.165) is 35.8 Å². The van der Waals surface area contributed by atoms with Crippen LogP contribution in [0.2, 0.25) is 0 Å². The highest BCUT2D eigenvalue weighted by Crippen LogP contribution is 2.30. The lowest BCUT2D eigenvalue weighted by Crippen LogP contribution is -2.15. The number of nitrogens with one attached hydrogen (secondary N) is 1. The number of anilines is 1. The summed E-state index contributed by atoms with van der Waals surface area (Å²) in [6, 6.07) is 5.31. The zero-order valence-electron chi connectivity index (χ0n) is 12.2. The Balaban J connectivity index is 2.25. The quantitative estimate of drug-likeness (QED) is 0.498. The highest BCUT2D eigenvalue weighted by atomic mass is 32.1. The maximum atomic E-state index is 12.5. The second kappa shape index (κ2) is 6.72. The van der Waals surface area contributed by atoms with Crippen LogP contribution in [0.4, 0.5) is 18.9 Å². The number of carbonyl (C=O) groups is 1. The van der Waals surface area contributed by atoms with Gasteiger partial charge in [-0.2, -0.15) is 18.4 Å². The smallest absolute Gasteiger partial charge is 0.416 e. The molecule has 24 heavy (non-hydrogen) atoms. The largest absolute Gasteiger partial charge is 0.506 e. The van der Waals surface area contributed by atoms with Gasteiger partial charge >= 0.3 is 6.18 Å². The molecule has 0 aliphatic carbocycles. The molecule has 2 N–H and O–H groups in total. The van der Waals surface area contributed by atoms with Crippen molar-refractivity contribution in [2.24, 2.45) is 0 Å². The number of rotatable bonds is 3. The predicted molar refractivity (Wildman–Crippen MR) is 82.1 cm³/mol. The van der Waals surface area contributed by atoms with Crippen molar-refractivity contribution in [2.45, 2.75) is 13.1 Å². The molecule has 0 aliphatic heterocycles. The van der Waals surface area contributed by atoms with Gasteiger partial charge in [-0.3, -0.25) is 4.79 Å². The van der Waals surface area contributed by atoms with Crippen molar-refractivity contribution in [3.05, 3.63) is 52.0 Å². The Labute approximate surface area is 138 Å². The first-order valence-electron chi connectivity index (χ1n) is 6.47. The molecule has 0 saturated heterocycles. The molecule has 0 bridgehead atoms. The summed E-state index contributed by atoms with van der Waals surface area (Å²) in [5, 5.41) is 21.4. The minimum Gasteiger partial charge on any atom is -0.506 e. The molecule has 124 valence electrons. The molecule has 1 amide bonds. The molecule has 9 heteroatoms. The summed E-state index contributed by atoms with van der Waals surface area (Å²) in [5.74, 6) is -1.46. The molecular formula is C15H10F3N3O2S. The van der Waals surface area contributed by atoms with Gasteiger partial charge in [0.15, 0.2) is 5.57 Å². The number of amides is 1. The Bertz CT molecular complexity index is 833. The van der Waals surface area contributed by atoms with Gasteiger partial charge in [-0.05, 0) is 42.7 Å². The van der Waals surface area contributed by atoms with Crippen molar-refractivity contribution in [1.29, 1.82) is 5.26 Å². The van der Waals surface area contributed by atoms with E-state index in [-0.39, 0.29) is 11.3 Å². The third-order valence-corrected chi connectivity index (χ3v) is 3.76. The zero-order chi connectivity index (χ0) is 17.9. The average molecular weight is 353 g/mol. The van der Waals surface area contributed by atoms with Crippen molar-refractivity contribution in [3.63, 3.8) is 0 Å². The Hall–Kier alpha value is -2.86. The molecule has 0 spiro atoms. The number of aliphatic hydroxyl groups excluding tert-OH is 1. The third kappa shape index (κ3) is 3.72. The van der Waals surface area contributed by atoms with E-state index in [1.807, 2.05) is 0 Å². The highest BCUT2D eigenvalue weighted by molar-refractivity contribution is 7.05. The molecule has 1 aromatic carbocycles. The van der Waals surface area contributed by atoms with Crippen LogP contribution < -0.4 is 5.32 Å². The number of carbonyl (C=O) groups excluding carboxylic acids is 1. The number of halogens is 3. The molecule has 0 aliphatic rings. The molecular weight excluding hydrogens is 343 g/mol. The topological polar surface area (TPSA) is 86.0 Å². The summed E-state index contributed by atoms with van der Waals surface area (Å²) in [4.78, 5) is 12.7. The van der Waals surface area contributed by atoms with E-state index in [9.17, 15) is 23.1 Å². The molecule has 0 saturated carbocycles. The number of hydrogen-bond acceptors (Lipinski definition) is 5. The predicted octanol–water partition coefficient (Wildman–Crippen LogP) is 3.90. The van der Waals surface area contributed by atoms with Gasteiger partial charge in [0.25, 0.3) is 5.91 Å². The van der Waals surface area contributed by atoms with Crippen LogP contribution >= 0.6 is 11.5 Å². The Morgan fingerprint density at radius 1 is 1.33 bits per heavy atom. The summed E-state index contributed by atoms with van der Waals surface area (Å²) >= 11 is 1.09. The lowest BCUT2D eigenvalue weighted by Gasteiger charge is -2.09. The number of nitriles is 1. The second-order valence-corrected chi connectivity index (χ2v) is 5.67. The summed E-state index contributed by atoms with van der Waals surface area (Å²) in [6.07, 6.45) is -3.17. The number of aryl methyl sites for hydroxylation is 1. The molecule has 0 unspecified atom stereocenters. The summed E-state index contributed by atoms with van der Waals surface area (Å²) in [5.41, 5.74) is -1.11. The number of alkyl halides is 3. The van der Waals surface area contributed by atoms with Crippen LogP contribution in [0.3, 0.4) is 0 Å². The van der Waals surface area contributed by atoms with Crippen molar-refractivity contribution in [3.8, 4) is 6.07 Å². The van der Waals surface area contributed by atoms with Gasteiger partial charge in [0.2, 0.25) is 0 Å². The van der Waals surface area contributed by atoms with E-state index in [2.05, 4.69) is 9.69 Å². The van der Waals surface area contributed by atoms with Crippen molar-refractivity contribution in [2.75, 3.05) is 5.32 Å². The van der Waals surface area contributed by atoms with Crippen molar-refractivity contribution < 1.29 is 23.1 Å². The molecule has 0 fully saturated rings. The number of nitrogens with zero attached hydrogens (tertiary/aromatic N) is 2. The lowest BCUT2D eigenvalue weighted by molar-refractivity contribution is -0.137. The summed E-state index contributed by atoms with van der Waals surface area (Å²) in [7, 11) is 0. The van der Waals surface area contributed by atoms with Gasteiger partial charge < -0.3 is 10.4 Å². The van der Waals surface area contributed by atoms with Crippen LogP contribution in [0, 0.1) is 18.3 Å². The lowest BCUT2D eigenvalue weighted by atomic mass is 10.1. The number of benzene rings is 1. The van der Waals surface area contributed by atoms with Crippen LogP contribution in [0.15, 0.2) is 36.0 Å². The van der Waals surface area contributed by atoms with Gasteiger partial charge in [-0.25, -0.2) is 4.37 Å². The van der Waals surface area contributed by atoms with Crippen molar-refractivity contribution >= 4 is 28.9 Å². The molecule has 2 rings (SSSR count). The van der Waals surface area contributed by atoms with Gasteiger partial charge in [0, 0.05) is 10.6 Å². The van der Waals surface area contributed by atoms with E-state index >= 15 is 0 Å². The fourth-order valence-electron chi connectivity index (χ4n) is 1.81. The fraction of sp³-hybridized carbons (Fsp3) is 0.133. The maximum Gasteiger partial charge on any atom is 0.416 e. The second-order valence-electron chi connectivity index (χ2n) is 4.66. The summed E-state index contributed by atoms with van der Waals surface area (Å²) < 4.78 is 41.3. The Morgan fingerprint density at radius 2 is 1.96 bits per heavy atom. The van der Waals surface area contributed by atoms with Crippen LogP contribution in [0.5, 0.6) is 0 Å². The monoisotopic (exact) mass is 353 g/mol. The minimum atomic E-state index is -4.48. The van der Waals surface area contributed by atoms with Crippen molar-refractivity contribution in [1.82, 2.24) is 4.37 Å². The number of aliphatic hydroxyl groups is 1. The minimum absolute atomic E-state index is 0.0636. The van der Waals surface area contributed by atoms with E-state index in [1.165, 1.54) is 6.20 Å². The molecule has 1 aromatic heterocycles. The van der Waals surface area contributed by atoms with E-state index in [0.29, 0.717) is 4.88 Å². The highest BCUT2D eigenvalue weighted by Gasteiger charge is 2.30. The Kier molecular flexibility index (Phi) is 4.90. The van der Waals surface area contributed by atoms with Crippen LogP contribution in [0.1, 0.15) is 16.0 Å². The average Bonchev–Trinajstić information content (AvgIpc) is 2.93. The molecule has 0 radical (unpaired) electrons. The van der Waals surface area contributed by atoms with Gasteiger partial charge in [0.1, 0.15) is 11.8 Å². The first-order chi connectivity index (χ1) is 11.2. The third-order valence-electron chi connectivity index (χ3n) is 3.05. The number of aromatic nitrogens is 1. The van der Waals surface area contributed by atoms with Crippen LogP contribution in [0.25, 0.3) is 5.76 Å². The SMILES string of the molecule is Cc1sncc1/C(O)=C(\C#N)C(=O)Nc1ccc(C(F)(F)F)cc1. The van der Waals surface area contributed by atoms with E-state index in [4.69, 9.17) is 5.26 Å². The first-order valence-corrected chi connectivity index (χ1v) is 7.25. The van der Waals surface area contributed by atoms with E-state index in [1.54, 1.807) is 13.0 Å². The van der Waals surface area contributed by atoms with Crippen LogP contribution in [-0.4, -0.2) is 15.4 Å². The van der Waals surface area contributed by atoms with Gasteiger partial charge in [-0.15, -0.1) is 0 Å². The first kappa shape index (κ1) is 17.5. The standard InChI is InChI=1S/C15H10F3N3O2S/c1-8-12(7-20-24-8)13(22)11(6-19)14(23)21-10-4-2-9(3-5-10)15(16,17)18/h2-5,7,22H,1H3,(H,21,23)/b13-11-.